The van der Waals surface area contributed by atoms with Crippen LogP contribution in [0, 0.1) is 0 Å². The summed E-state index contributed by atoms with van der Waals surface area (Å²) in [5, 5.41) is 3.28. The fourth-order valence-electron chi connectivity index (χ4n) is 2.44. The van der Waals surface area contributed by atoms with Crippen molar-refractivity contribution in [1.29, 1.82) is 0 Å². The predicted molar refractivity (Wildman–Crippen MR) is 81.4 cm³/mol. The van der Waals surface area contributed by atoms with Crippen molar-refractivity contribution in [2.45, 2.75) is 12.2 Å². The first-order chi connectivity index (χ1) is 9.92. The molecule has 1 aliphatic rings. The van der Waals surface area contributed by atoms with Crippen molar-refractivity contribution in [3.63, 3.8) is 0 Å². The maximum absolute atomic E-state index is 6.28. The Kier molecular flexibility index (Phi) is 2.94. The van der Waals surface area contributed by atoms with Gasteiger partial charge in [0.15, 0.2) is 6.10 Å². The third-order valence-electron chi connectivity index (χ3n) is 3.53. The second-order valence-electron chi connectivity index (χ2n) is 4.91. The van der Waals surface area contributed by atoms with Crippen molar-refractivity contribution in [2.24, 2.45) is 0 Å². The van der Waals surface area contributed by atoms with Crippen molar-refractivity contribution >= 4 is 21.4 Å². The Morgan fingerprint density at radius 3 is 2.70 bits per heavy atom. The van der Waals surface area contributed by atoms with Gasteiger partial charge in [0.1, 0.15) is 11.9 Å². The molecule has 20 heavy (non-hydrogen) atoms. The molecule has 100 valence electrons. The van der Waals surface area contributed by atoms with E-state index in [1.54, 1.807) is 11.3 Å². The number of hydrogen-bond donors (Lipinski definition) is 0. The van der Waals surface area contributed by atoms with E-state index in [4.69, 9.17) is 9.47 Å². The van der Waals surface area contributed by atoms with Gasteiger partial charge in [0.25, 0.3) is 0 Å². The maximum atomic E-state index is 6.28. The molecule has 1 aliphatic heterocycles. The maximum Gasteiger partial charge on any atom is 0.152 e. The summed E-state index contributed by atoms with van der Waals surface area (Å²) in [6.45, 7) is 0.777. The first-order valence-electron chi connectivity index (χ1n) is 6.71. The van der Waals surface area contributed by atoms with Crippen molar-refractivity contribution in [3.8, 4) is 5.75 Å². The predicted octanol–water partition coefficient (Wildman–Crippen LogP) is 4.42. The van der Waals surface area contributed by atoms with Gasteiger partial charge in [0.05, 0.1) is 6.61 Å². The summed E-state index contributed by atoms with van der Waals surface area (Å²) in [5.74, 6) is 0.938. The van der Waals surface area contributed by atoms with Crippen LogP contribution in [-0.4, -0.2) is 12.7 Å². The van der Waals surface area contributed by atoms with Gasteiger partial charge < -0.3 is 9.47 Å². The van der Waals surface area contributed by atoms with Crippen molar-refractivity contribution < 1.29 is 9.47 Å². The van der Waals surface area contributed by atoms with E-state index in [0.29, 0.717) is 0 Å². The lowest BCUT2D eigenvalue weighted by Crippen LogP contribution is -2.14. The Balaban J connectivity index is 1.70. The molecule has 4 rings (SSSR count). The van der Waals surface area contributed by atoms with Crippen LogP contribution in [0.15, 0.2) is 60.0 Å². The molecule has 1 unspecified atom stereocenters. The smallest absolute Gasteiger partial charge is 0.152 e. The summed E-state index contributed by atoms with van der Waals surface area (Å²) in [5.41, 5.74) is 1.17. The first kappa shape index (κ1) is 11.9. The summed E-state index contributed by atoms with van der Waals surface area (Å²) in [6.07, 6.45) is 0.146. The number of epoxide rings is 1. The highest BCUT2D eigenvalue weighted by atomic mass is 32.1. The van der Waals surface area contributed by atoms with Crippen LogP contribution in [0.4, 0.5) is 0 Å². The van der Waals surface area contributed by atoms with Gasteiger partial charge in [0, 0.05) is 10.1 Å². The number of benzene rings is 2. The molecule has 2 nitrogen and oxygen atoms in total. The first-order valence-corrected chi connectivity index (χ1v) is 7.59. The fourth-order valence-corrected chi connectivity index (χ4v) is 3.24. The number of fused-ring (bicyclic) bond motifs is 1. The minimum Gasteiger partial charge on any atom is -0.482 e. The van der Waals surface area contributed by atoms with E-state index in [1.807, 2.05) is 30.3 Å². The zero-order chi connectivity index (χ0) is 13.4. The van der Waals surface area contributed by atoms with E-state index in [9.17, 15) is 0 Å². The van der Waals surface area contributed by atoms with Crippen molar-refractivity contribution in [1.82, 2.24) is 0 Å². The third-order valence-corrected chi connectivity index (χ3v) is 4.42. The summed E-state index contributed by atoms with van der Waals surface area (Å²) in [4.78, 5) is 0. The summed E-state index contributed by atoms with van der Waals surface area (Å²) < 4.78 is 13.0. The zero-order valence-corrected chi connectivity index (χ0v) is 11.7. The normalized spacial score (nSPS) is 18.9. The average Bonchev–Trinajstić information content (AvgIpc) is 3.22. The SMILES string of the molecule is c1ccc([C@@H](Oc2cccc3sccc23)C2CO2)cc1. The van der Waals surface area contributed by atoms with Gasteiger partial charge in [-0.1, -0.05) is 36.4 Å². The Hall–Kier alpha value is -1.84. The van der Waals surface area contributed by atoms with Crippen molar-refractivity contribution in [2.75, 3.05) is 6.61 Å². The van der Waals surface area contributed by atoms with E-state index in [-0.39, 0.29) is 12.2 Å². The van der Waals surface area contributed by atoms with Crippen LogP contribution in [0.25, 0.3) is 10.1 Å². The van der Waals surface area contributed by atoms with Gasteiger partial charge in [-0.2, -0.15) is 0 Å². The molecule has 0 aliphatic carbocycles. The quantitative estimate of drug-likeness (QED) is 0.661. The molecule has 1 aromatic heterocycles. The molecular formula is C17H14O2S. The van der Waals surface area contributed by atoms with Crippen LogP contribution >= 0.6 is 11.3 Å². The highest BCUT2D eigenvalue weighted by molar-refractivity contribution is 7.17. The fraction of sp³-hybridized carbons (Fsp3) is 0.176. The molecule has 2 aromatic carbocycles. The number of ether oxygens (including phenoxy) is 2. The molecule has 3 aromatic rings. The Labute approximate surface area is 121 Å². The van der Waals surface area contributed by atoms with Crippen LogP contribution in [0.5, 0.6) is 5.75 Å². The monoisotopic (exact) mass is 282 g/mol. The molecule has 0 spiro atoms. The van der Waals surface area contributed by atoms with Gasteiger partial charge in [0.2, 0.25) is 0 Å². The highest BCUT2D eigenvalue weighted by Gasteiger charge is 2.36. The van der Waals surface area contributed by atoms with Gasteiger partial charge in [-0.15, -0.1) is 11.3 Å². The van der Waals surface area contributed by atoms with Crippen LogP contribution in [-0.2, 0) is 4.74 Å². The highest BCUT2D eigenvalue weighted by Crippen LogP contribution is 2.36. The lowest BCUT2D eigenvalue weighted by Gasteiger charge is -2.18. The lowest BCUT2D eigenvalue weighted by atomic mass is 10.1. The van der Waals surface area contributed by atoms with Gasteiger partial charge in [-0.3, -0.25) is 0 Å². The van der Waals surface area contributed by atoms with Crippen LogP contribution in [0.1, 0.15) is 11.7 Å². The second-order valence-corrected chi connectivity index (χ2v) is 5.86. The van der Waals surface area contributed by atoms with Crippen LogP contribution in [0.2, 0.25) is 0 Å². The molecular weight excluding hydrogens is 268 g/mol. The van der Waals surface area contributed by atoms with Gasteiger partial charge >= 0.3 is 0 Å². The molecule has 0 N–H and O–H groups in total. The molecule has 0 saturated carbocycles. The summed E-state index contributed by atoms with van der Waals surface area (Å²) >= 11 is 1.74. The number of thiophene rings is 1. The van der Waals surface area contributed by atoms with Crippen LogP contribution in [0.3, 0.4) is 0 Å². The second kappa shape index (κ2) is 4.93. The van der Waals surface area contributed by atoms with E-state index < -0.39 is 0 Å². The summed E-state index contributed by atoms with van der Waals surface area (Å²) in [6, 6.07) is 18.6. The van der Waals surface area contributed by atoms with E-state index in [2.05, 4.69) is 29.6 Å². The zero-order valence-electron chi connectivity index (χ0n) is 10.9. The topological polar surface area (TPSA) is 21.8 Å². The Morgan fingerprint density at radius 1 is 1.05 bits per heavy atom. The number of hydrogen-bond acceptors (Lipinski definition) is 3. The largest absolute Gasteiger partial charge is 0.482 e. The molecule has 2 heterocycles. The van der Waals surface area contributed by atoms with Gasteiger partial charge in [-0.05, 0) is 29.1 Å². The molecule has 1 saturated heterocycles. The average molecular weight is 282 g/mol. The molecule has 1 fully saturated rings. The standard InChI is InChI=1S/C17H14O2S/c1-2-5-12(6-3-1)17(15-11-18-15)19-14-7-4-8-16-13(14)9-10-20-16/h1-10,15,17H,11H2/t15?,17-/m1/s1. The molecule has 0 amide bonds. The summed E-state index contributed by atoms with van der Waals surface area (Å²) in [7, 11) is 0. The lowest BCUT2D eigenvalue weighted by molar-refractivity contribution is 0.163. The minimum absolute atomic E-state index is 0.0262. The Bertz CT molecular complexity index is 716. The van der Waals surface area contributed by atoms with E-state index in [0.717, 1.165) is 12.4 Å². The number of rotatable bonds is 4. The molecule has 2 atom stereocenters. The minimum atomic E-state index is -0.0262. The van der Waals surface area contributed by atoms with E-state index in [1.165, 1.54) is 15.6 Å². The third kappa shape index (κ3) is 2.19. The van der Waals surface area contributed by atoms with E-state index >= 15 is 0 Å². The Morgan fingerprint density at radius 2 is 1.90 bits per heavy atom. The van der Waals surface area contributed by atoms with Crippen molar-refractivity contribution in [3.05, 3.63) is 65.5 Å². The van der Waals surface area contributed by atoms with Crippen LogP contribution < -0.4 is 4.74 Å². The van der Waals surface area contributed by atoms with Gasteiger partial charge in [-0.25, -0.2) is 0 Å². The molecule has 0 radical (unpaired) electrons. The molecule has 3 heteroatoms. The molecule has 0 bridgehead atoms.